The number of fused-ring (bicyclic) bond motifs is 2. The highest BCUT2D eigenvalue weighted by atomic mass is 28.4. The number of rotatable bonds is 15. The number of hydrogen-bond donors (Lipinski definition) is 5. The SMILES string of the molecule is CC(C)(C)OC(=O)NCC(C(=O)Nc1ccc2cnccc2c1)c1ccc(O)cc1.CC(C)[Si](Oc1ccc(C(CNC(=O)OC(C)(C)C)C(=O)Nc2ccc3cnccc3c2)cc1)(C(C)C)C(C)C. The topological polar surface area (TPSA) is 190 Å². The van der Waals surface area contributed by atoms with Gasteiger partial charge in [-0.1, -0.05) is 77.9 Å². The predicted octanol–water partition coefficient (Wildman–Crippen LogP) is 12.2. The van der Waals surface area contributed by atoms with E-state index in [9.17, 15) is 24.3 Å². The van der Waals surface area contributed by atoms with Crippen LogP contribution in [0.4, 0.5) is 21.0 Å². The van der Waals surface area contributed by atoms with Crippen LogP contribution >= 0.6 is 0 Å². The second kappa shape index (κ2) is 23.5. The monoisotopic (exact) mass is 971 g/mol. The summed E-state index contributed by atoms with van der Waals surface area (Å²) in [5, 5.41) is 24.8. The van der Waals surface area contributed by atoms with Crippen molar-refractivity contribution in [2.45, 2.75) is 123 Å². The van der Waals surface area contributed by atoms with E-state index >= 15 is 0 Å². The number of nitrogens with one attached hydrogen (secondary N) is 4. The lowest BCUT2D eigenvalue weighted by Gasteiger charge is -2.42. The molecule has 2 heterocycles. The molecule has 0 spiro atoms. The third kappa shape index (κ3) is 15.2. The Balaban J connectivity index is 0.000000271. The first kappa shape index (κ1) is 53.9. The maximum Gasteiger partial charge on any atom is 0.407 e. The lowest BCUT2D eigenvalue weighted by atomic mass is 9.97. The fourth-order valence-electron chi connectivity index (χ4n) is 8.54. The molecule has 6 rings (SSSR count). The Labute approximate surface area is 413 Å². The first-order valence-electron chi connectivity index (χ1n) is 23.7. The van der Waals surface area contributed by atoms with Crippen molar-refractivity contribution >= 4 is 65.2 Å². The number of anilines is 2. The number of amides is 4. The predicted molar refractivity (Wildman–Crippen MR) is 281 cm³/mol. The summed E-state index contributed by atoms with van der Waals surface area (Å²) >= 11 is 0. The number of benzene rings is 4. The maximum atomic E-state index is 13.6. The van der Waals surface area contributed by atoms with Crippen LogP contribution in [-0.2, 0) is 19.1 Å². The van der Waals surface area contributed by atoms with Crippen molar-refractivity contribution < 1.29 is 38.2 Å². The van der Waals surface area contributed by atoms with Gasteiger partial charge in [-0.3, -0.25) is 19.6 Å². The third-order valence-electron chi connectivity index (χ3n) is 11.7. The summed E-state index contributed by atoms with van der Waals surface area (Å²) in [6.07, 6.45) is 5.79. The molecule has 2 atom stereocenters. The van der Waals surface area contributed by atoms with E-state index in [0.29, 0.717) is 33.6 Å². The molecule has 2 unspecified atom stereocenters. The maximum absolute atomic E-state index is 13.6. The number of ether oxygens (including phenoxy) is 2. The summed E-state index contributed by atoms with van der Waals surface area (Å²) in [6, 6.07) is 29.1. The van der Waals surface area contributed by atoms with Crippen LogP contribution in [0.3, 0.4) is 0 Å². The summed E-state index contributed by atoms with van der Waals surface area (Å²) in [5.41, 5.74) is 2.81. The van der Waals surface area contributed by atoms with Crippen molar-refractivity contribution in [3.05, 3.63) is 133 Å². The minimum absolute atomic E-state index is 0.0447. The van der Waals surface area contributed by atoms with E-state index in [0.717, 1.165) is 32.9 Å². The highest BCUT2D eigenvalue weighted by Gasteiger charge is 2.47. The van der Waals surface area contributed by atoms with E-state index in [1.807, 2.05) is 66.7 Å². The number of phenols is 1. The molecule has 70 heavy (non-hydrogen) atoms. The van der Waals surface area contributed by atoms with E-state index < -0.39 is 43.5 Å². The van der Waals surface area contributed by atoms with Gasteiger partial charge in [0.1, 0.15) is 22.7 Å². The molecular weight excluding hydrogens is 901 g/mol. The summed E-state index contributed by atoms with van der Waals surface area (Å²) in [5.74, 6) is -0.920. The zero-order chi connectivity index (χ0) is 51.4. The molecule has 6 aromatic rings. The molecule has 15 heteroatoms. The van der Waals surface area contributed by atoms with Gasteiger partial charge < -0.3 is 40.3 Å². The molecule has 2 aromatic heterocycles. The Morgan fingerprint density at radius 2 is 0.929 bits per heavy atom. The molecule has 0 bridgehead atoms. The number of carbonyl (C=O) groups excluding carboxylic acids is 4. The van der Waals surface area contributed by atoms with Crippen molar-refractivity contribution in [1.82, 2.24) is 20.6 Å². The molecule has 5 N–H and O–H groups in total. The Bertz CT molecular complexity index is 2690. The summed E-state index contributed by atoms with van der Waals surface area (Å²) in [6.45, 7) is 24.4. The molecule has 4 aromatic carbocycles. The lowest BCUT2D eigenvalue weighted by molar-refractivity contribution is -0.118. The van der Waals surface area contributed by atoms with E-state index in [4.69, 9.17) is 13.9 Å². The molecule has 0 saturated carbocycles. The largest absolute Gasteiger partial charge is 0.543 e. The minimum Gasteiger partial charge on any atom is -0.543 e. The molecule has 0 aliphatic carbocycles. The van der Waals surface area contributed by atoms with Crippen LogP contribution in [0.5, 0.6) is 11.5 Å². The molecule has 0 saturated heterocycles. The second-order valence-electron chi connectivity index (χ2n) is 20.3. The first-order chi connectivity index (χ1) is 32.9. The Hall–Kier alpha value is -7.00. The summed E-state index contributed by atoms with van der Waals surface area (Å²) < 4.78 is 17.5. The number of phenolic OH excluding ortho intramolecular Hbond substituents is 1. The van der Waals surface area contributed by atoms with Crippen molar-refractivity contribution in [2.24, 2.45) is 0 Å². The zero-order valence-electron chi connectivity index (χ0n) is 42.5. The van der Waals surface area contributed by atoms with Gasteiger partial charge >= 0.3 is 12.2 Å². The second-order valence-corrected chi connectivity index (χ2v) is 25.7. The van der Waals surface area contributed by atoms with Crippen LogP contribution < -0.4 is 25.7 Å². The van der Waals surface area contributed by atoms with Gasteiger partial charge in [-0.15, -0.1) is 0 Å². The van der Waals surface area contributed by atoms with Crippen LogP contribution in [0.1, 0.15) is 106 Å². The van der Waals surface area contributed by atoms with E-state index in [-0.39, 0.29) is 30.7 Å². The van der Waals surface area contributed by atoms with Crippen molar-refractivity contribution in [3.8, 4) is 11.5 Å². The summed E-state index contributed by atoms with van der Waals surface area (Å²) in [7, 11) is -2.12. The van der Waals surface area contributed by atoms with Gasteiger partial charge in [-0.05, 0) is 141 Å². The average molecular weight is 971 g/mol. The van der Waals surface area contributed by atoms with Gasteiger partial charge in [-0.25, -0.2) is 9.59 Å². The standard InChI is InChI=1S/C32H45N3O4Si.C23H25N3O4/c1-21(2)40(22(3)4,23(5)6)39-28-14-11-24(12-15-28)29(20-34-31(37)38-32(7,8)9)30(36)35-27-13-10-26-19-33-17-16-25(26)18-27;1-23(2,3)30-22(29)25-14-20(15-5-8-19(27)9-6-15)21(28)26-18-7-4-17-13-24-11-10-16(17)12-18/h10-19,21-23,29H,20H2,1-9H3,(H,34,37)(H,35,36);4-13,20,27H,14H2,1-3H3,(H,25,29)(H,26,28). The minimum atomic E-state index is -2.12. The lowest BCUT2D eigenvalue weighted by Crippen LogP contribution is -2.50. The van der Waals surface area contributed by atoms with E-state index in [1.54, 1.807) is 84.5 Å². The highest BCUT2D eigenvalue weighted by molar-refractivity contribution is 6.78. The Kier molecular flexibility index (Phi) is 18.1. The van der Waals surface area contributed by atoms with Crippen LogP contribution in [0.25, 0.3) is 21.5 Å². The molecule has 14 nitrogen and oxygen atoms in total. The molecule has 372 valence electrons. The third-order valence-corrected chi connectivity index (χ3v) is 17.7. The van der Waals surface area contributed by atoms with Crippen LogP contribution in [-0.4, -0.2) is 71.7 Å². The summed E-state index contributed by atoms with van der Waals surface area (Å²) in [4.78, 5) is 59.4. The molecule has 0 fully saturated rings. The number of aromatic nitrogens is 2. The quantitative estimate of drug-likeness (QED) is 0.0619. The number of alkyl carbamates (subject to hydrolysis) is 2. The highest BCUT2D eigenvalue weighted by Crippen LogP contribution is 2.43. The van der Waals surface area contributed by atoms with E-state index in [2.05, 4.69) is 72.8 Å². The number of pyridine rings is 2. The average Bonchev–Trinajstić information content (AvgIpc) is 3.28. The molecule has 0 aliphatic heterocycles. The molecule has 0 radical (unpaired) electrons. The number of aromatic hydroxyl groups is 1. The first-order valence-corrected chi connectivity index (χ1v) is 25.9. The number of nitrogens with zero attached hydrogens (tertiary/aromatic N) is 2. The van der Waals surface area contributed by atoms with E-state index in [1.165, 1.54) is 12.1 Å². The fourth-order valence-corrected chi connectivity index (χ4v) is 13.8. The normalized spacial score (nSPS) is 12.7. The van der Waals surface area contributed by atoms with Crippen molar-refractivity contribution in [1.29, 1.82) is 0 Å². The zero-order valence-corrected chi connectivity index (χ0v) is 43.5. The van der Waals surface area contributed by atoms with Crippen LogP contribution in [0.2, 0.25) is 16.6 Å². The van der Waals surface area contributed by atoms with Crippen molar-refractivity contribution in [2.75, 3.05) is 23.7 Å². The Morgan fingerprint density at radius 3 is 1.30 bits per heavy atom. The van der Waals surface area contributed by atoms with Gasteiger partial charge in [0.15, 0.2) is 0 Å². The van der Waals surface area contributed by atoms with Crippen LogP contribution in [0, 0.1) is 0 Å². The van der Waals surface area contributed by atoms with Gasteiger partial charge in [0.25, 0.3) is 8.32 Å². The smallest absolute Gasteiger partial charge is 0.407 e. The van der Waals surface area contributed by atoms with Gasteiger partial charge in [0, 0.05) is 60.0 Å². The fraction of sp³-hybridized carbons (Fsp3) is 0.382. The van der Waals surface area contributed by atoms with Crippen LogP contribution in [0.15, 0.2) is 122 Å². The molecular formula is C55H70N6O8Si. The van der Waals surface area contributed by atoms with Gasteiger partial charge in [0.05, 0.1) is 11.8 Å². The number of hydrogen-bond acceptors (Lipinski definition) is 10. The van der Waals surface area contributed by atoms with Gasteiger partial charge in [0.2, 0.25) is 11.8 Å². The molecule has 0 aliphatic rings. The van der Waals surface area contributed by atoms with Gasteiger partial charge in [-0.2, -0.15) is 0 Å². The Morgan fingerprint density at radius 1 is 0.543 bits per heavy atom. The molecule has 4 amide bonds. The van der Waals surface area contributed by atoms with Crippen molar-refractivity contribution in [3.63, 3.8) is 0 Å². The number of carbonyl (C=O) groups is 4.